The summed E-state index contributed by atoms with van der Waals surface area (Å²) in [4.78, 5) is 2.57. The van der Waals surface area contributed by atoms with E-state index < -0.39 is 0 Å². The first-order chi connectivity index (χ1) is 7.88. The maximum absolute atomic E-state index is 5.58. The van der Waals surface area contributed by atoms with Crippen LogP contribution in [0.15, 0.2) is 0 Å². The lowest BCUT2D eigenvalue weighted by Crippen LogP contribution is -2.47. The molecule has 102 valence electrons. The molecule has 0 aromatic rings. The van der Waals surface area contributed by atoms with E-state index in [0.29, 0.717) is 23.4 Å². The van der Waals surface area contributed by atoms with Gasteiger partial charge in [0.25, 0.3) is 0 Å². The quantitative estimate of drug-likeness (QED) is 0.738. The van der Waals surface area contributed by atoms with Crippen LogP contribution in [-0.2, 0) is 4.74 Å². The zero-order chi connectivity index (χ0) is 13.1. The van der Waals surface area contributed by atoms with Crippen molar-refractivity contribution in [2.45, 2.75) is 40.2 Å². The zero-order valence-electron chi connectivity index (χ0n) is 12.0. The zero-order valence-corrected chi connectivity index (χ0v) is 13.6. The predicted octanol–water partition coefficient (Wildman–Crippen LogP) is 3.40. The van der Waals surface area contributed by atoms with Crippen molar-refractivity contribution in [1.29, 1.82) is 0 Å². The van der Waals surface area contributed by atoms with Crippen LogP contribution in [0.5, 0.6) is 0 Å². The van der Waals surface area contributed by atoms with Crippen molar-refractivity contribution in [2.75, 3.05) is 32.1 Å². The fourth-order valence-corrected chi connectivity index (χ4v) is 3.61. The van der Waals surface area contributed by atoms with Crippen LogP contribution in [-0.4, -0.2) is 43.1 Å². The number of hydrogen-bond donors (Lipinski definition) is 0. The van der Waals surface area contributed by atoms with Gasteiger partial charge in [-0.3, -0.25) is 0 Å². The molecule has 1 rings (SSSR count). The van der Waals surface area contributed by atoms with Crippen LogP contribution in [0.3, 0.4) is 0 Å². The van der Waals surface area contributed by atoms with Crippen LogP contribution in [0.1, 0.15) is 34.1 Å². The molecule has 0 amide bonds. The largest absolute Gasteiger partial charge is 0.380 e. The van der Waals surface area contributed by atoms with Gasteiger partial charge in [-0.25, -0.2) is 0 Å². The Balaban J connectivity index is 2.51. The topological polar surface area (TPSA) is 12.5 Å². The summed E-state index contributed by atoms with van der Waals surface area (Å²) in [5.41, 5.74) is 0.370. The van der Waals surface area contributed by atoms with E-state index in [9.17, 15) is 0 Å². The summed E-state index contributed by atoms with van der Waals surface area (Å²) in [6.07, 6.45) is 1.68. The van der Waals surface area contributed by atoms with Crippen molar-refractivity contribution in [3.63, 3.8) is 0 Å². The molecule has 1 heterocycles. The minimum atomic E-state index is 0.370. The van der Waals surface area contributed by atoms with Crippen LogP contribution in [0, 0.1) is 17.3 Å². The van der Waals surface area contributed by atoms with Gasteiger partial charge in [0, 0.05) is 25.5 Å². The minimum absolute atomic E-state index is 0.370. The van der Waals surface area contributed by atoms with Gasteiger partial charge in [-0.1, -0.05) is 43.6 Å². The molecule has 0 spiro atoms. The van der Waals surface area contributed by atoms with E-state index in [-0.39, 0.29) is 0 Å². The molecule has 1 fully saturated rings. The summed E-state index contributed by atoms with van der Waals surface area (Å²) >= 11 is 3.66. The van der Waals surface area contributed by atoms with E-state index in [1.54, 1.807) is 0 Å². The fourth-order valence-electron chi connectivity index (χ4n) is 2.44. The van der Waals surface area contributed by atoms with Gasteiger partial charge in [0.05, 0.1) is 6.10 Å². The Labute approximate surface area is 115 Å². The molecule has 3 atom stereocenters. The van der Waals surface area contributed by atoms with Crippen molar-refractivity contribution >= 4 is 15.9 Å². The number of alkyl halides is 1. The van der Waals surface area contributed by atoms with Gasteiger partial charge in [0.1, 0.15) is 0 Å². The molecule has 2 nitrogen and oxygen atoms in total. The molecule has 0 N–H and O–H groups in total. The molecule has 0 aromatic carbocycles. The SMILES string of the molecule is COC1CN(CC(CBr)C(C)(C)C)CCC1C. The summed E-state index contributed by atoms with van der Waals surface area (Å²) in [6, 6.07) is 0. The lowest BCUT2D eigenvalue weighted by molar-refractivity contribution is -0.0132. The highest BCUT2D eigenvalue weighted by molar-refractivity contribution is 9.09. The van der Waals surface area contributed by atoms with Gasteiger partial charge in [-0.2, -0.15) is 0 Å². The highest BCUT2D eigenvalue weighted by Crippen LogP contribution is 2.30. The molecule has 1 aliphatic rings. The van der Waals surface area contributed by atoms with Gasteiger partial charge >= 0.3 is 0 Å². The number of rotatable bonds is 4. The standard InChI is InChI=1S/C14H28BrNO/c1-11-6-7-16(10-13(11)17-5)9-12(8-15)14(2,3)4/h11-13H,6-10H2,1-5H3. The van der Waals surface area contributed by atoms with Crippen molar-refractivity contribution in [2.24, 2.45) is 17.3 Å². The van der Waals surface area contributed by atoms with Gasteiger partial charge in [-0.15, -0.1) is 0 Å². The summed E-state index contributed by atoms with van der Waals surface area (Å²) in [6.45, 7) is 12.8. The molecule has 0 saturated carbocycles. The van der Waals surface area contributed by atoms with Crippen LogP contribution in [0.4, 0.5) is 0 Å². The second-order valence-electron chi connectivity index (χ2n) is 6.52. The Kier molecular flexibility index (Phi) is 5.94. The van der Waals surface area contributed by atoms with Crippen LogP contribution < -0.4 is 0 Å². The number of nitrogens with zero attached hydrogens (tertiary/aromatic N) is 1. The molecule has 3 heteroatoms. The third kappa shape index (κ3) is 4.53. The molecule has 0 aliphatic carbocycles. The molecule has 0 aromatic heterocycles. The second kappa shape index (κ2) is 6.53. The summed E-state index contributed by atoms with van der Waals surface area (Å²) in [7, 11) is 1.84. The third-order valence-electron chi connectivity index (χ3n) is 4.17. The lowest BCUT2D eigenvalue weighted by Gasteiger charge is -2.40. The van der Waals surface area contributed by atoms with Crippen molar-refractivity contribution < 1.29 is 4.74 Å². The van der Waals surface area contributed by atoms with E-state index in [1.165, 1.54) is 19.5 Å². The highest BCUT2D eigenvalue weighted by atomic mass is 79.9. The van der Waals surface area contributed by atoms with E-state index in [0.717, 1.165) is 11.9 Å². The molecule has 3 unspecified atom stereocenters. The number of ether oxygens (including phenoxy) is 1. The van der Waals surface area contributed by atoms with Gasteiger partial charge in [0.15, 0.2) is 0 Å². The van der Waals surface area contributed by atoms with Gasteiger partial charge < -0.3 is 9.64 Å². The average Bonchev–Trinajstić information content (AvgIpc) is 2.26. The normalized spacial score (nSPS) is 29.3. The molecule has 1 saturated heterocycles. The van der Waals surface area contributed by atoms with Crippen molar-refractivity contribution in [3.05, 3.63) is 0 Å². The molecule has 1 aliphatic heterocycles. The Morgan fingerprint density at radius 2 is 2.06 bits per heavy atom. The first-order valence-corrected chi connectivity index (χ1v) is 7.81. The molecular weight excluding hydrogens is 278 g/mol. The minimum Gasteiger partial charge on any atom is -0.380 e. The average molecular weight is 306 g/mol. The van der Waals surface area contributed by atoms with Crippen molar-refractivity contribution in [1.82, 2.24) is 4.90 Å². The summed E-state index contributed by atoms with van der Waals surface area (Å²) < 4.78 is 5.58. The Morgan fingerprint density at radius 3 is 2.53 bits per heavy atom. The number of likely N-dealkylation sites (tertiary alicyclic amines) is 1. The van der Waals surface area contributed by atoms with Crippen LogP contribution in [0.2, 0.25) is 0 Å². The van der Waals surface area contributed by atoms with E-state index >= 15 is 0 Å². The van der Waals surface area contributed by atoms with Gasteiger partial charge in [0.2, 0.25) is 0 Å². The number of halogens is 1. The first kappa shape index (κ1) is 15.5. The lowest BCUT2D eigenvalue weighted by atomic mass is 9.81. The molecule has 0 bridgehead atoms. The third-order valence-corrected chi connectivity index (χ3v) is 4.95. The summed E-state index contributed by atoms with van der Waals surface area (Å²) in [5, 5.41) is 1.08. The maximum Gasteiger partial charge on any atom is 0.0724 e. The van der Waals surface area contributed by atoms with E-state index in [2.05, 4.69) is 48.5 Å². The van der Waals surface area contributed by atoms with Crippen molar-refractivity contribution in [3.8, 4) is 0 Å². The van der Waals surface area contributed by atoms with E-state index in [4.69, 9.17) is 4.74 Å². The van der Waals surface area contributed by atoms with Gasteiger partial charge in [-0.05, 0) is 30.2 Å². The molecule has 17 heavy (non-hydrogen) atoms. The number of hydrogen-bond acceptors (Lipinski definition) is 2. The maximum atomic E-state index is 5.58. The second-order valence-corrected chi connectivity index (χ2v) is 7.16. The Bertz CT molecular complexity index is 227. The predicted molar refractivity (Wildman–Crippen MR) is 77.8 cm³/mol. The Morgan fingerprint density at radius 1 is 1.41 bits per heavy atom. The molecule has 0 radical (unpaired) electrons. The smallest absolute Gasteiger partial charge is 0.0724 e. The number of methoxy groups -OCH3 is 1. The van der Waals surface area contributed by atoms with Crippen LogP contribution in [0.25, 0.3) is 0 Å². The molecular formula is C14H28BrNO. The summed E-state index contributed by atoms with van der Waals surface area (Å²) in [5.74, 6) is 1.40. The Hall–Kier alpha value is 0.400. The van der Waals surface area contributed by atoms with E-state index in [1.807, 2.05) is 7.11 Å². The van der Waals surface area contributed by atoms with Crippen LogP contribution >= 0.6 is 15.9 Å². The highest BCUT2D eigenvalue weighted by Gasteiger charge is 2.30. The first-order valence-electron chi connectivity index (χ1n) is 6.69. The monoisotopic (exact) mass is 305 g/mol. The number of piperidine rings is 1. The fraction of sp³-hybridized carbons (Fsp3) is 1.00.